The number of hydrogen-bond donors (Lipinski definition) is 0. The van der Waals surface area contributed by atoms with E-state index in [-0.39, 0.29) is 4.90 Å². The topological polar surface area (TPSA) is 87.5 Å². The van der Waals surface area contributed by atoms with Gasteiger partial charge >= 0.3 is 6.09 Å². The van der Waals surface area contributed by atoms with Gasteiger partial charge < -0.3 is 4.74 Å². The third-order valence-corrected chi connectivity index (χ3v) is 5.90. The minimum absolute atomic E-state index is 0.0209. The summed E-state index contributed by atoms with van der Waals surface area (Å²) in [7, 11) is -4.11. The Morgan fingerprint density at radius 1 is 1.24 bits per heavy atom. The number of nitriles is 1. The van der Waals surface area contributed by atoms with E-state index in [9.17, 15) is 18.5 Å². The first-order valence-corrected chi connectivity index (χ1v) is 9.74. The molecule has 0 radical (unpaired) electrons. The second kappa shape index (κ2) is 7.04. The third-order valence-electron chi connectivity index (χ3n) is 4.10. The van der Waals surface area contributed by atoms with Crippen LogP contribution in [0.25, 0.3) is 0 Å². The van der Waals surface area contributed by atoms with E-state index in [1.807, 2.05) is 6.92 Å². The Balaban J connectivity index is 2.48. The number of aryl methyl sites for hydroxylation is 1. The highest BCUT2D eigenvalue weighted by atomic mass is 32.2. The number of benzene rings is 1. The van der Waals surface area contributed by atoms with Gasteiger partial charge in [0.05, 0.1) is 22.9 Å². The Morgan fingerprint density at radius 2 is 1.84 bits per heavy atom. The summed E-state index contributed by atoms with van der Waals surface area (Å²) in [6.07, 6.45) is 0.804. The normalized spacial score (nSPS) is 20.8. The zero-order chi connectivity index (χ0) is 18.8. The first-order chi connectivity index (χ1) is 11.6. The highest BCUT2D eigenvalue weighted by Gasteiger charge is 2.44. The molecule has 0 spiro atoms. The van der Waals surface area contributed by atoms with E-state index in [0.29, 0.717) is 19.3 Å². The van der Waals surface area contributed by atoms with Crippen molar-refractivity contribution in [3.05, 3.63) is 29.8 Å². The van der Waals surface area contributed by atoms with Crippen LogP contribution in [0.3, 0.4) is 0 Å². The zero-order valence-corrected chi connectivity index (χ0v) is 15.8. The molecule has 0 unspecified atom stereocenters. The quantitative estimate of drug-likeness (QED) is 0.817. The van der Waals surface area contributed by atoms with Crippen molar-refractivity contribution < 1.29 is 17.9 Å². The summed E-state index contributed by atoms with van der Waals surface area (Å²) >= 11 is 0. The number of nitrogens with zero attached hydrogens (tertiary/aromatic N) is 2. The van der Waals surface area contributed by atoms with Gasteiger partial charge in [0.2, 0.25) is 0 Å². The molecule has 6 nitrogen and oxygen atoms in total. The molecule has 1 aliphatic carbocycles. The van der Waals surface area contributed by atoms with E-state index < -0.39 is 33.7 Å². The maximum Gasteiger partial charge on any atom is 0.424 e. The van der Waals surface area contributed by atoms with Crippen LogP contribution < -0.4 is 0 Å². The Hall–Kier alpha value is -2.07. The number of rotatable bonds is 3. The predicted octanol–water partition coefficient (Wildman–Crippen LogP) is 3.61. The highest BCUT2D eigenvalue weighted by Crippen LogP contribution is 2.34. The highest BCUT2D eigenvalue weighted by molar-refractivity contribution is 7.89. The van der Waals surface area contributed by atoms with Gasteiger partial charge in [-0.15, -0.1) is 0 Å². The van der Waals surface area contributed by atoms with Crippen LogP contribution in [-0.2, 0) is 14.8 Å². The van der Waals surface area contributed by atoms with Crippen LogP contribution in [0.15, 0.2) is 29.2 Å². The van der Waals surface area contributed by atoms with Gasteiger partial charge in [0.15, 0.2) is 0 Å². The molecule has 2 atom stereocenters. The Labute approximate surface area is 149 Å². The first kappa shape index (κ1) is 19.3. The lowest BCUT2D eigenvalue weighted by Crippen LogP contribution is -2.48. The van der Waals surface area contributed by atoms with Gasteiger partial charge in [-0.1, -0.05) is 17.7 Å². The Morgan fingerprint density at radius 3 is 2.36 bits per heavy atom. The van der Waals surface area contributed by atoms with Gasteiger partial charge in [-0.2, -0.15) is 9.57 Å². The average molecular weight is 364 g/mol. The second-order valence-electron chi connectivity index (χ2n) is 7.33. The summed E-state index contributed by atoms with van der Waals surface area (Å²) in [6, 6.07) is 7.72. The van der Waals surface area contributed by atoms with E-state index in [4.69, 9.17) is 4.74 Å². The molecule has 0 aromatic heterocycles. The van der Waals surface area contributed by atoms with Crippen molar-refractivity contribution in [1.82, 2.24) is 4.31 Å². The lowest BCUT2D eigenvalue weighted by atomic mass is 10.1. The van der Waals surface area contributed by atoms with Gasteiger partial charge in [-0.05, 0) is 59.1 Å². The number of amides is 1. The molecule has 1 amide bonds. The van der Waals surface area contributed by atoms with Gasteiger partial charge in [-0.3, -0.25) is 0 Å². The Bertz CT molecular complexity index is 773. The van der Waals surface area contributed by atoms with E-state index in [0.717, 1.165) is 9.87 Å². The van der Waals surface area contributed by atoms with Crippen LogP contribution in [-0.4, -0.2) is 30.5 Å². The van der Waals surface area contributed by atoms with Gasteiger partial charge in [0.1, 0.15) is 5.60 Å². The van der Waals surface area contributed by atoms with Crippen LogP contribution in [0, 0.1) is 24.2 Å². The van der Waals surface area contributed by atoms with Crippen molar-refractivity contribution in [2.45, 2.75) is 63.5 Å². The van der Waals surface area contributed by atoms with Crippen LogP contribution in [0.4, 0.5) is 4.79 Å². The number of ether oxygens (including phenoxy) is 1. The monoisotopic (exact) mass is 364 g/mol. The molecule has 1 fully saturated rings. The molecule has 25 heavy (non-hydrogen) atoms. The summed E-state index contributed by atoms with van der Waals surface area (Å²) in [5.41, 5.74) is 0.0809. The fourth-order valence-corrected chi connectivity index (χ4v) is 4.46. The number of carbonyl (C=O) groups is 1. The van der Waals surface area contributed by atoms with E-state index >= 15 is 0 Å². The molecule has 136 valence electrons. The molecule has 1 aromatic carbocycles. The largest absolute Gasteiger partial charge is 0.443 e. The van der Waals surface area contributed by atoms with Crippen molar-refractivity contribution in [2.24, 2.45) is 5.92 Å². The maximum atomic E-state index is 13.1. The Kier molecular flexibility index (Phi) is 5.43. The van der Waals surface area contributed by atoms with E-state index in [1.54, 1.807) is 32.9 Å². The van der Waals surface area contributed by atoms with Crippen LogP contribution >= 0.6 is 0 Å². The molecular formula is C18H24N2O4S. The molecule has 2 rings (SSSR count). The minimum Gasteiger partial charge on any atom is -0.443 e. The number of carbonyl (C=O) groups excluding carboxylic acids is 1. The average Bonchev–Trinajstić information content (AvgIpc) is 2.93. The molecule has 1 aliphatic rings. The van der Waals surface area contributed by atoms with Gasteiger partial charge in [-0.25, -0.2) is 13.2 Å². The SMILES string of the molecule is Cc1ccc(S(=O)(=O)N(C(=O)OC(C)(C)C)[C@H]2CCC[C@@H]2C#N)cc1. The molecule has 0 bridgehead atoms. The van der Waals surface area contributed by atoms with E-state index in [2.05, 4.69) is 6.07 Å². The fraction of sp³-hybridized carbons (Fsp3) is 0.556. The van der Waals surface area contributed by atoms with Crippen molar-refractivity contribution in [3.8, 4) is 6.07 Å². The van der Waals surface area contributed by atoms with Gasteiger partial charge in [0.25, 0.3) is 10.0 Å². The summed E-state index contributed by atoms with van der Waals surface area (Å²) in [5, 5.41) is 9.35. The summed E-state index contributed by atoms with van der Waals surface area (Å²) in [5.74, 6) is -0.521. The molecule has 1 saturated carbocycles. The molecule has 7 heteroatoms. The van der Waals surface area contributed by atoms with Crippen molar-refractivity contribution in [2.75, 3.05) is 0 Å². The molecular weight excluding hydrogens is 340 g/mol. The summed E-state index contributed by atoms with van der Waals surface area (Å²) in [4.78, 5) is 12.7. The molecule has 0 aliphatic heterocycles. The third kappa shape index (κ3) is 4.31. The van der Waals surface area contributed by atoms with Gasteiger partial charge in [0, 0.05) is 0 Å². The second-order valence-corrected chi connectivity index (χ2v) is 9.14. The summed E-state index contributed by atoms with van der Waals surface area (Å²) in [6.45, 7) is 6.89. The fourth-order valence-electron chi connectivity index (χ4n) is 2.91. The van der Waals surface area contributed by atoms with Crippen molar-refractivity contribution in [1.29, 1.82) is 5.26 Å². The smallest absolute Gasteiger partial charge is 0.424 e. The standard InChI is InChI=1S/C18H24N2O4S/c1-13-8-10-15(11-9-13)25(22,23)20(17(21)24-18(2,3)4)16-7-5-6-14(16)12-19/h8-11,14,16H,5-7H2,1-4H3/t14-,16+/m1/s1. The minimum atomic E-state index is -4.11. The predicted molar refractivity (Wildman–Crippen MR) is 93.2 cm³/mol. The van der Waals surface area contributed by atoms with Crippen LogP contribution in [0.1, 0.15) is 45.6 Å². The molecule has 0 saturated heterocycles. The number of hydrogen-bond acceptors (Lipinski definition) is 5. The van der Waals surface area contributed by atoms with Crippen LogP contribution in [0.2, 0.25) is 0 Å². The molecule has 0 heterocycles. The number of sulfonamides is 1. The molecule has 1 aromatic rings. The van der Waals surface area contributed by atoms with E-state index in [1.165, 1.54) is 12.1 Å². The van der Waals surface area contributed by atoms with Crippen molar-refractivity contribution in [3.63, 3.8) is 0 Å². The lowest BCUT2D eigenvalue weighted by Gasteiger charge is -2.32. The van der Waals surface area contributed by atoms with Crippen LogP contribution in [0.5, 0.6) is 0 Å². The van der Waals surface area contributed by atoms with Crippen molar-refractivity contribution >= 4 is 16.1 Å². The first-order valence-electron chi connectivity index (χ1n) is 8.30. The maximum absolute atomic E-state index is 13.1. The lowest BCUT2D eigenvalue weighted by molar-refractivity contribution is 0.0326. The zero-order valence-electron chi connectivity index (χ0n) is 15.0. The summed E-state index contributed by atoms with van der Waals surface area (Å²) < 4.78 is 32.4. The molecule has 0 N–H and O–H groups in total.